The van der Waals surface area contributed by atoms with Gasteiger partial charge in [0, 0.05) is 16.2 Å². The van der Waals surface area contributed by atoms with Crippen molar-refractivity contribution in [2.24, 2.45) is 0 Å². The van der Waals surface area contributed by atoms with Gasteiger partial charge in [0.1, 0.15) is 11.5 Å². The number of benzene rings is 2. The first kappa shape index (κ1) is 16.8. The molecule has 0 aliphatic rings. The fraction of sp³-hybridized carbons (Fsp3) is 0.125. The SMILES string of the molecule is O=C(O)COc1cccc(NC(=O)COc2ccc(Br)cc2)c1. The zero-order valence-corrected chi connectivity index (χ0v) is 13.6. The first-order valence-corrected chi connectivity index (χ1v) is 7.45. The van der Waals surface area contributed by atoms with E-state index in [4.69, 9.17) is 14.6 Å². The normalized spacial score (nSPS) is 9.96. The zero-order valence-electron chi connectivity index (χ0n) is 12.0. The first-order chi connectivity index (χ1) is 11.0. The smallest absolute Gasteiger partial charge is 0.341 e. The molecule has 2 aromatic rings. The van der Waals surface area contributed by atoms with E-state index in [1.807, 2.05) is 12.1 Å². The highest BCUT2D eigenvalue weighted by atomic mass is 79.9. The van der Waals surface area contributed by atoms with Gasteiger partial charge in [0.15, 0.2) is 13.2 Å². The van der Waals surface area contributed by atoms with Crippen LogP contribution in [0.1, 0.15) is 0 Å². The van der Waals surface area contributed by atoms with Crippen molar-refractivity contribution in [3.05, 3.63) is 53.0 Å². The van der Waals surface area contributed by atoms with Gasteiger partial charge in [0.25, 0.3) is 5.91 Å². The first-order valence-electron chi connectivity index (χ1n) is 6.66. The fourth-order valence-electron chi connectivity index (χ4n) is 1.69. The maximum absolute atomic E-state index is 11.8. The van der Waals surface area contributed by atoms with Crippen molar-refractivity contribution >= 4 is 33.5 Å². The highest BCUT2D eigenvalue weighted by molar-refractivity contribution is 9.10. The Kier molecular flexibility index (Phi) is 5.99. The summed E-state index contributed by atoms with van der Waals surface area (Å²) in [5.41, 5.74) is 0.497. The van der Waals surface area contributed by atoms with E-state index in [9.17, 15) is 9.59 Å². The zero-order chi connectivity index (χ0) is 16.7. The van der Waals surface area contributed by atoms with E-state index in [1.165, 1.54) is 0 Å². The molecule has 0 unspecified atom stereocenters. The second-order valence-electron chi connectivity index (χ2n) is 4.50. The molecule has 2 N–H and O–H groups in total. The number of rotatable bonds is 7. The summed E-state index contributed by atoms with van der Waals surface area (Å²) < 4.78 is 11.3. The molecule has 23 heavy (non-hydrogen) atoms. The van der Waals surface area contributed by atoms with E-state index in [-0.39, 0.29) is 12.5 Å². The van der Waals surface area contributed by atoms with Crippen molar-refractivity contribution in [1.82, 2.24) is 0 Å². The third-order valence-electron chi connectivity index (χ3n) is 2.66. The number of hydrogen-bond donors (Lipinski definition) is 2. The number of anilines is 1. The molecule has 0 radical (unpaired) electrons. The Hall–Kier alpha value is -2.54. The summed E-state index contributed by atoms with van der Waals surface area (Å²) in [6, 6.07) is 13.6. The van der Waals surface area contributed by atoms with Crippen LogP contribution in [0.15, 0.2) is 53.0 Å². The maximum atomic E-state index is 11.8. The molecule has 0 aliphatic carbocycles. The number of carboxylic acids is 1. The summed E-state index contributed by atoms with van der Waals surface area (Å²) in [4.78, 5) is 22.3. The molecule has 0 bridgehead atoms. The van der Waals surface area contributed by atoms with Crippen LogP contribution in [-0.2, 0) is 9.59 Å². The lowest BCUT2D eigenvalue weighted by Crippen LogP contribution is -2.20. The summed E-state index contributed by atoms with van der Waals surface area (Å²) in [7, 11) is 0. The van der Waals surface area contributed by atoms with Crippen molar-refractivity contribution < 1.29 is 24.2 Å². The Morgan fingerprint density at radius 1 is 1.00 bits per heavy atom. The molecule has 0 saturated carbocycles. The number of hydrogen-bond acceptors (Lipinski definition) is 4. The fourth-order valence-corrected chi connectivity index (χ4v) is 1.95. The van der Waals surface area contributed by atoms with E-state index in [1.54, 1.807) is 36.4 Å². The summed E-state index contributed by atoms with van der Waals surface area (Å²) in [5.74, 6) is -0.452. The molecule has 6 nitrogen and oxygen atoms in total. The average molecular weight is 380 g/mol. The minimum Gasteiger partial charge on any atom is -0.484 e. The lowest BCUT2D eigenvalue weighted by Gasteiger charge is -2.09. The molecule has 2 rings (SSSR count). The predicted octanol–water partition coefficient (Wildman–Crippen LogP) is 2.93. The molecular weight excluding hydrogens is 366 g/mol. The second kappa shape index (κ2) is 8.19. The van der Waals surface area contributed by atoms with Crippen LogP contribution in [-0.4, -0.2) is 30.2 Å². The number of carboxylic acid groups (broad SMARTS) is 1. The Morgan fingerprint density at radius 3 is 2.39 bits per heavy atom. The van der Waals surface area contributed by atoms with Crippen molar-refractivity contribution in [3.63, 3.8) is 0 Å². The molecular formula is C16H14BrNO5. The van der Waals surface area contributed by atoms with Crippen molar-refractivity contribution in [3.8, 4) is 11.5 Å². The standard InChI is InChI=1S/C16H14BrNO5/c17-11-4-6-13(7-5-11)22-9-15(19)18-12-2-1-3-14(8-12)23-10-16(20)21/h1-8H,9-10H2,(H,18,19)(H,20,21). The largest absolute Gasteiger partial charge is 0.484 e. The maximum Gasteiger partial charge on any atom is 0.341 e. The Morgan fingerprint density at radius 2 is 1.70 bits per heavy atom. The van der Waals surface area contributed by atoms with Crippen LogP contribution in [0.5, 0.6) is 11.5 Å². The second-order valence-corrected chi connectivity index (χ2v) is 5.42. The average Bonchev–Trinajstić information content (AvgIpc) is 2.53. The number of amides is 1. The van der Waals surface area contributed by atoms with Crippen LogP contribution in [0.3, 0.4) is 0 Å². The monoisotopic (exact) mass is 379 g/mol. The van der Waals surface area contributed by atoms with E-state index in [2.05, 4.69) is 21.2 Å². The highest BCUT2D eigenvalue weighted by Gasteiger charge is 2.06. The lowest BCUT2D eigenvalue weighted by atomic mass is 10.3. The van der Waals surface area contributed by atoms with Gasteiger partial charge in [0.05, 0.1) is 0 Å². The van der Waals surface area contributed by atoms with Crippen LogP contribution in [0.2, 0.25) is 0 Å². The summed E-state index contributed by atoms with van der Waals surface area (Å²) in [5, 5.41) is 11.2. The quantitative estimate of drug-likeness (QED) is 0.772. The molecule has 120 valence electrons. The number of ether oxygens (including phenoxy) is 2. The van der Waals surface area contributed by atoms with E-state index >= 15 is 0 Å². The van der Waals surface area contributed by atoms with Crippen LogP contribution < -0.4 is 14.8 Å². The molecule has 0 fully saturated rings. The Balaban J connectivity index is 1.86. The van der Waals surface area contributed by atoms with E-state index < -0.39 is 12.6 Å². The van der Waals surface area contributed by atoms with Crippen LogP contribution in [0, 0.1) is 0 Å². The van der Waals surface area contributed by atoms with Gasteiger partial charge in [-0.2, -0.15) is 0 Å². The Bertz CT molecular complexity index is 687. The minimum absolute atomic E-state index is 0.137. The summed E-state index contributed by atoms with van der Waals surface area (Å²) >= 11 is 3.31. The predicted molar refractivity (Wildman–Crippen MR) is 87.8 cm³/mol. The van der Waals surface area contributed by atoms with Gasteiger partial charge < -0.3 is 19.9 Å². The third-order valence-corrected chi connectivity index (χ3v) is 3.19. The van der Waals surface area contributed by atoms with Crippen LogP contribution in [0.25, 0.3) is 0 Å². The number of carbonyl (C=O) groups excluding carboxylic acids is 1. The molecule has 0 saturated heterocycles. The van der Waals surface area contributed by atoms with Gasteiger partial charge in [-0.3, -0.25) is 4.79 Å². The summed E-state index contributed by atoms with van der Waals surface area (Å²) in [6.07, 6.45) is 0. The summed E-state index contributed by atoms with van der Waals surface area (Å²) in [6.45, 7) is -0.577. The van der Waals surface area contributed by atoms with Crippen LogP contribution in [0.4, 0.5) is 5.69 Å². The third kappa shape index (κ3) is 5.99. The molecule has 2 aromatic carbocycles. The van der Waals surface area contributed by atoms with E-state index in [0.717, 1.165) is 4.47 Å². The number of carbonyl (C=O) groups is 2. The number of aliphatic carboxylic acids is 1. The number of nitrogens with one attached hydrogen (secondary N) is 1. The van der Waals surface area contributed by atoms with Gasteiger partial charge in [-0.15, -0.1) is 0 Å². The lowest BCUT2D eigenvalue weighted by molar-refractivity contribution is -0.139. The van der Waals surface area contributed by atoms with Gasteiger partial charge in [-0.05, 0) is 36.4 Å². The van der Waals surface area contributed by atoms with Gasteiger partial charge in [0.2, 0.25) is 0 Å². The van der Waals surface area contributed by atoms with Gasteiger partial charge in [-0.25, -0.2) is 4.79 Å². The molecule has 0 aliphatic heterocycles. The molecule has 0 atom stereocenters. The number of halogens is 1. The molecule has 0 aromatic heterocycles. The highest BCUT2D eigenvalue weighted by Crippen LogP contribution is 2.18. The van der Waals surface area contributed by atoms with E-state index in [0.29, 0.717) is 17.2 Å². The molecule has 1 amide bonds. The van der Waals surface area contributed by atoms with Crippen molar-refractivity contribution in [2.45, 2.75) is 0 Å². The van der Waals surface area contributed by atoms with Crippen molar-refractivity contribution in [2.75, 3.05) is 18.5 Å². The van der Waals surface area contributed by atoms with Crippen molar-refractivity contribution in [1.29, 1.82) is 0 Å². The molecule has 0 spiro atoms. The van der Waals surface area contributed by atoms with Gasteiger partial charge in [-0.1, -0.05) is 22.0 Å². The Labute approximate surface area is 141 Å². The van der Waals surface area contributed by atoms with Crippen LogP contribution >= 0.6 is 15.9 Å². The topological polar surface area (TPSA) is 84.9 Å². The molecule has 7 heteroatoms. The minimum atomic E-state index is -1.07. The van der Waals surface area contributed by atoms with Gasteiger partial charge >= 0.3 is 5.97 Å². The molecule has 0 heterocycles.